The van der Waals surface area contributed by atoms with Crippen LogP contribution in [0.4, 0.5) is 4.79 Å². The number of amides is 1. The molecule has 0 aromatic carbocycles. The number of carbonyl (C=O) groups is 2. The molecule has 0 spiro atoms. The van der Waals surface area contributed by atoms with E-state index in [-0.39, 0.29) is 6.61 Å². The molecule has 92 valence electrons. The van der Waals surface area contributed by atoms with Crippen molar-refractivity contribution in [2.45, 2.75) is 13.0 Å². The second-order valence-corrected chi connectivity index (χ2v) is 3.99. The summed E-state index contributed by atoms with van der Waals surface area (Å²) in [5, 5.41) is 11.3. The summed E-state index contributed by atoms with van der Waals surface area (Å²) in [6.07, 6.45) is 0.595. The number of hydrogen-bond acceptors (Lipinski definition) is 5. The van der Waals surface area contributed by atoms with E-state index in [1.807, 2.05) is 0 Å². The highest BCUT2D eigenvalue weighted by Crippen LogP contribution is 2.21. The van der Waals surface area contributed by atoms with Gasteiger partial charge in [-0.25, -0.2) is 14.6 Å². The average molecular weight is 256 g/mol. The number of alkyl carbamates (subject to hydrolysis) is 1. The number of aryl methyl sites for hydroxylation is 1. The molecule has 0 saturated heterocycles. The first kappa shape index (κ1) is 13.2. The highest BCUT2D eigenvalue weighted by molar-refractivity contribution is 7.10. The predicted octanol–water partition coefficient (Wildman–Crippen LogP) is 1.49. The van der Waals surface area contributed by atoms with Crippen molar-refractivity contribution < 1.29 is 19.4 Å². The Balaban J connectivity index is 2.75. The second-order valence-electron chi connectivity index (χ2n) is 3.10. The standard InChI is InChI=1S/C10H12N2O4S/c1-3-4-16-10(15)12-7(9(13)14)8-6(2)11-5-17-8/h3,5,7H,1,4H2,2H3,(H,12,15)(H,13,14). The molecule has 0 aliphatic carbocycles. The van der Waals surface area contributed by atoms with Gasteiger partial charge in [-0.1, -0.05) is 12.7 Å². The minimum atomic E-state index is -1.16. The van der Waals surface area contributed by atoms with Crippen molar-refractivity contribution in [3.05, 3.63) is 28.7 Å². The molecule has 17 heavy (non-hydrogen) atoms. The van der Waals surface area contributed by atoms with Crippen molar-refractivity contribution in [2.24, 2.45) is 0 Å². The SMILES string of the molecule is C=CCOC(=O)NC(C(=O)O)c1scnc1C. The Morgan fingerprint density at radius 1 is 1.76 bits per heavy atom. The predicted molar refractivity (Wildman–Crippen MR) is 61.9 cm³/mol. The first-order valence-corrected chi connectivity index (χ1v) is 5.61. The van der Waals surface area contributed by atoms with Gasteiger partial charge in [-0.3, -0.25) is 0 Å². The van der Waals surface area contributed by atoms with E-state index in [9.17, 15) is 9.59 Å². The van der Waals surface area contributed by atoms with E-state index in [0.717, 1.165) is 0 Å². The van der Waals surface area contributed by atoms with E-state index in [2.05, 4.69) is 21.6 Å². The number of carbonyl (C=O) groups excluding carboxylic acids is 1. The normalized spacial score (nSPS) is 11.6. The molecule has 7 heteroatoms. The average Bonchev–Trinajstić information content (AvgIpc) is 2.69. The maximum absolute atomic E-state index is 11.3. The topological polar surface area (TPSA) is 88.5 Å². The molecule has 0 saturated carbocycles. The largest absolute Gasteiger partial charge is 0.479 e. The molecule has 0 aliphatic rings. The smallest absolute Gasteiger partial charge is 0.408 e. The summed E-state index contributed by atoms with van der Waals surface area (Å²) in [5.74, 6) is -1.16. The van der Waals surface area contributed by atoms with Crippen LogP contribution in [0.25, 0.3) is 0 Å². The van der Waals surface area contributed by atoms with Gasteiger partial charge in [0.2, 0.25) is 0 Å². The van der Waals surface area contributed by atoms with Crippen LogP contribution in [-0.2, 0) is 9.53 Å². The van der Waals surface area contributed by atoms with Crippen molar-refractivity contribution in [1.82, 2.24) is 10.3 Å². The summed E-state index contributed by atoms with van der Waals surface area (Å²) in [6.45, 7) is 5.09. The van der Waals surface area contributed by atoms with Gasteiger partial charge >= 0.3 is 12.1 Å². The molecule has 2 N–H and O–H groups in total. The number of carboxylic acids is 1. The molecule has 0 fully saturated rings. The van der Waals surface area contributed by atoms with Gasteiger partial charge in [0, 0.05) is 0 Å². The summed E-state index contributed by atoms with van der Waals surface area (Å²) >= 11 is 1.17. The fraction of sp³-hybridized carbons (Fsp3) is 0.300. The van der Waals surface area contributed by atoms with E-state index in [1.54, 1.807) is 6.92 Å². The Morgan fingerprint density at radius 3 is 2.94 bits per heavy atom. The van der Waals surface area contributed by atoms with Gasteiger partial charge in [-0.15, -0.1) is 11.3 Å². The lowest BCUT2D eigenvalue weighted by molar-refractivity contribution is -0.139. The highest BCUT2D eigenvalue weighted by Gasteiger charge is 2.25. The van der Waals surface area contributed by atoms with Crippen LogP contribution in [-0.4, -0.2) is 28.8 Å². The van der Waals surface area contributed by atoms with Gasteiger partial charge in [-0.2, -0.15) is 0 Å². The number of carboxylic acid groups (broad SMARTS) is 1. The number of hydrogen-bond donors (Lipinski definition) is 2. The number of nitrogens with one attached hydrogen (secondary N) is 1. The summed E-state index contributed by atoms with van der Waals surface area (Å²) in [6, 6.07) is -1.14. The number of aliphatic carboxylic acids is 1. The molecular formula is C10H12N2O4S. The van der Waals surface area contributed by atoms with Gasteiger partial charge < -0.3 is 15.2 Å². The number of rotatable bonds is 5. The Labute approximate surface area is 102 Å². The lowest BCUT2D eigenvalue weighted by Gasteiger charge is -2.13. The molecule has 1 rings (SSSR count). The lowest BCUT2D eigenvalue weighted by atomic mass is 10.2. The highest BCUT2D eigenvalue weighted by atomic mass is 32.1. The summed E-state index contributed by atoms with van der Waals surface area (Å²) in [5.41, 5.74) is 2.10. The summed E-state index contributed by atoms with van der Waals surface area (Å²) in [4.78, 5) is 26.7. The Kier molecular flexibility index (Phi) is 4.65. The number of aromatic nitrogens is 1. The maximum atomic E-state index is 11.3. The van der Waals surface area contributed by atoms with E-state index < -0.39 is 18.1 Å². The minimum Gasteiger partial charge on any atom is -0.479 e. The van der Waals surface area contributed by atoms with Gasteiger partial charge in [0.25, 0.3) is 0 Å². The molecule has 0 radical (unpaired) electrons. The number of ether oxygens (including phenoxy) is 1. The Bertz CT molecular complexity index is 430. The molecule has 0 aliphatic heterocycles. The van der Waals surface area contributed by atoms with Crippen LogP contribution in [0.1, 0.15) is 16.6 Å². The summed E-state index contributed by atoms with van der Waals surface area (Å²) < 4.78 is 4.66. The van der Waals surface area contributed by atoms with Crippen LogP contribution in [0.3, 0.4) is 0 Å². The van der Waals surface area contributed by atoms with E-state index in [1.165, 1.54) is 22.9 Å². The molecule has 1 unspecified atom stereocenters. The molecule has 1 aromatic rings. The van der Waals surface area contributed by atoms with E-state index >= 15 is 0 Å². The second kappa shape index (κ2) is 6.00. The van der Waals surface area contributed by atoms with Crippen LogP contribution < -0.4 is 5.32 Å². The van der Waals surface area contributed by atoms with Crippen molar-refractivity contribution in [3.63, 3.8) is 0 Å². The third-order valence-electron chi connectivity index (χ3n) is 1.89. The lowest BCUT2D eigenvalue weighted by Crippen LogP contribution is -2.34. The molecule has 1 heterocycles. The van der Waals surface area contributed by atoms with Crippen LogP contribution >= 0.6 is 11.3 Å². The molecule has 1 amide bonds. The van der Waals surface area contributed by atoms with Gasteiger partial charge in [0.05, 0.1) is 16.1 Å². The van der Waals surface area contributed by atoms with E-state index in [4.69, 9.17) is 5.11 Å². The monoisotopic (exact) mass is 256 g/mol. The van der Waals surface area contributed by atoms with Crippen LogP contribution in [0, 0.1) is 6.92 Å². The van der Waals surface area contributed by atoms with Gasteiger partial charge in [0.15, 0.2) is 6.04 Å². The molecule has 1 aromatic heterocycles. The molecule has 6 nitrogen and oxygen atoms in total. The van der Waals surface area contributed by atoms with Crippen molar-refractivity contribution in [2.75, 3.05) is 6.61 Å². The van der Waals surface area contributed by atoms with Gasteiger partial charge in [-0.05, 0) is 6.92 Å². The molecule has 0 bridgehead atoms. The number of thiazole rings is 1. The van der Waals surface area contributed by atoms with Crippen LogP contribution in [0.15, 0.2) is 18.2 Å². The zero-order chi connectivity index (χ0) is 12.8. The fourth-order valence-electron chi connectivity index (χ4n) is 1.12. The van der Waals surface area contributed by atoms with Crippen molar-refractivity contribution >= 4 is 23.4 Å². The Hall–Kier alpha value is -1.89. The van der Waals surface area contributed by atoms with Crippen LogP contribution in [0.2, 0.25) is 0 Å². The first-order chi connectivity index (χ1) is 8.06. The summed E-state index contributed by atoms with van der Waals surface area (Å²) in [7, 11) is 0. The zero-order valence-corrected chi connectivity index (χ0v) is 9.99. The molecular weight excluding hydrogens is 244 g/mol. The Morgan fingerprint density at radius 2 is 2.47 bits per heavy atom. The first-order valence-electron chi connectivity index (χ1n) is 4.73. The third-order valence-corrected chi connectivity index (χ3v) is 2.88. The minimum absolute atomic E-state index is 0.0276. The van der Waals surface area contributed by atoms with E-state index in [0.29, 0.717) is 10.6 Å². The van der Waals surface area contributed by atoms with Crippen molar-refractivity contribution in [1.29, 1.82) is 0 Å². The van der Waals surface area contributed by atoms with Crippen molar-refractivity contribution in [3.8, 4) is 0 Å². The van der Waals surface area contributed by atoms with Crippen LogP contribution in [0.5, 0.6) is 0 Å². The third kappa shape index (κ3) is 3.56. The fourth-order valence-corrected chi connectivity index (χ4v) is 1.97. The van der Waals surface area contributed by atoms with Gasteiger partial charge in [0.1, 0.15) is 6.61 Å². The maximum Gasteiger partial charge on any atom is 0.408 e. The zero-order valence-electron chi connectivity index (χ0n) is 9.17. The molecule has 1 atom stereocenters. The quantitative estimate of drug-likeness (QED) is 0.779. The number of nitrogens with zero attached hydrogens (tertiary/aromatic N) is 1.